The van der Waals surface area contributed by atoms with Gasteiger partial charge in [-0.05, 0) is 47.9 Å². The number of benzene rings is 1. The van der Waals surface area contributed by atoms with Crippen molar-refractivity contribution in [2.45, 2.75) is 52.4 Å². The Bertz CT molecular complexity index is 324. The van der Waals surface area contributed by atoms with Crippen LogP contribution < -0.4 is 0 Å². The molecule has 16 heavy (non-hydrogen) atoms. The summed E-state index contributed by atoms with van der Waals surface area (Å²) in [5.74, 6) is 1.32. The average molecular weight is 285 g/mol. The molecule has 2 unspecified atom stereocenters. The van der Waals surface area contributed by atoms with Crippen molar-refractivity contribution in [1.82, 2.24) is 0 Å². The highest BCUT2D eigenvalue weighted by Gasteiger charge is 2.14. The van der Waals surface area contributed by atoms with Crippen molar-refractivity contribution >= 4 is 15.9 Å². The van der Waals surface area contributed by atoms with E-state index in [1.54, 1.807) is 0 Å². The first-order chi connectivity index (χ1) is 7.51. The molecule has 0 heterocycles. The minimum Gasteiger partial charge on any atom is -0.508 e. The zero-order valence-electron chi connectivity index (χ0n) is 10.5. The van der Waals surface area contributed by atoms with Crippen LogP contribution in [0.5, 0.6) is 5.75 Å². The molecule has 0 aromatic heterocycles. The molecule has 2 atom stereocenters. The summed E-state index contributed by atoms with van der Waals surface area (Å²) in [7, 11) is 0. The molecule has 1 aromatic carbocycles. The summed E-state index contributed by atoms with van der Waals surface area (Å²) in [5.41, 5.74) is 2.24. The van der Waals surface area contributed by atoms with Gasteiger partial charge in [-0.3, -0.25) is 0 Å². The van der Waals surface area contributed by atoms with E-state index in [1.165, 1.54) is 5.56 Å². The quantitative estimate of drug-likeness (QED) is 0.808. The van der Waals surface area contributed by atoms with E-state index in [0.717, 1.165) is 22.9 Å². The van der Waals surface area contributed by atoms with Gasteiger partial charge in [0.2, 0.25) is 0 Å². The van der Waals surface area contributed by atoms with Crippen LogP contribution in [-0.2, 0) is 0 Å². The van der Waals surface area contributed by atoms with Gasteiger partial charge in [0.05, 0.1) is 0 Å². The maximum Gasteiger partial charge on any atom is 0.119 e. The van der Waals surface area contributed by atoms with Crippen LogP contribution in [0.25, 0.3) is 0 Å². The van der Waals surface area contributed by atoms with E-state index in [4.69, 9.17) is 0 Å². The first-order valence-electron chi connectivity index (χ1n) is 6.03. The Morgan fingerprint density at radius 2 is 1.56 bits per heavy atom. The summed E-state index contributed by atoms with van der Waals surface area (Å²) < 4.78 is 1.12. The molecule has 0 radical (unpaired) electrons. The molecule has 0 aliphatic rings. The third-order valence-electron chi connectivity index (χ3n) is 3.43. The third kappa shape index (κ3) is 2.79. The zero-order valence-corrected chi connectivity index (χ0v) is 12.1. The number of hydrogen-bond acceptors (Lipinski definition) is 1. The molecule has 0 saturated carbocycles. The maximum absolute atomic E-state index is 10.0. The van der Waals surface area contributed by atoms with Crippen LogP contribution in [-0.4, -0.2) is 5.11 Å². The second-order valence-electron chi connectivity index (χ2n) is 4.55. The van der Waals surface area contributed by atoms with Gasteiger partial charge in [0.15, 0.2) is 0 Å². The lowest BCUT2D eigenvalue weighted by Crippen LogP contribution is -1.98. The molecular formula is C14H21BrO. The average Bonchev–Trinajstić information content (AvgIpc) is 2.29. The van der Waals surface area contributed by atoms with E-state index < -0.39 is 0 Å². The van der Waals surface area contributed by atoms with Gasteiger partial charge in [0.1, 0.15) is 5.75 Å². The standard InChI is InChI=1S/C14H21BrO/c1-5-9(3)11-8-14(16)12(7-13(11)15)10(4)6-2/h7-10,16H,5-6H2,1-4H3. The number of rotatable bonds is 4. The molecule has 0 aliphatic heterocycles. The summed E-state index contributed by atoms with van der Waals surface area (Å²) in [6.45, 7) is 8.63. The van der Waals surface area contributed by atoms with Crippen LogP contribution in [0.1, 0.15) is 63.5 Å². The molecule has 1 N–H and O–H groups in total. The number of phenols is 1. The Labute approximate surface area is 107 Å². The second-order valence-corrected chi connectivity index (χ2v) is 5.41. The molecule has 0 bridgehead atoms. The normalized spacial score (nSPS) is 14.8. The Morgan fingerprint density at radius 3 is 2.06 bits per heavy atom. The summed E-state index contributed by atoms with van der Waals surface area (Å²) in [5, 5.41) is 10.0. The van der Waals surface area contributed by atoms with Crippen LogP contribution in [0.4, 0.5) is 0 Å². The molecule has 2 heteroatoms. The summed E-state index contributed by atoms with van der Waals surface area (Å²) in [6, 6.07) is 3.99. The van der Waals surface area contributed by atoms with E-state index in [-0.39, 0.29) is 0 Å². The number of halogens is 1. The molecule has 90 valence electrons. The summed E-state index contributed by atoms with van der Waals surface area (Å²) in [6.07, 6.45) is 2.13. The fourth-order valence-electron chi connectivity index (χ4n) is 1.81. The van der Waals surface area contributed by atoms with Gasteiger partial charge in [0, 0.05) is 4.47 Å². The topological polar surface area (TPSA) is 20.2 Å². The number of aromatic hydroxyl groups is 1. The third-order valence-corrected chi connectivity index (χ3v) is 4.12. The molecule has 1 rings (SSSR count). The molecule has 1 nitrogen and oxygen atoms in total. The van der Waals surface area contributed by atoms with Crippen molar-refractivity contribution in [2.75, 3.05) is 0 Å². The summed E-state index contributed by atoms with van der Waals surface area (Å²) >= 11 is 3.61. The van der Waals surface area contributed by atoms with Crippen molar-refractivity contribution in [3.63, 3.8) is 0 Å². The van der Waals surface area contributed by atoms with Gasteiger partial charge < -0.3 is 5.11 Å². The van der Waals surface area contributed by atoms with Gasteiger partial charge in [-0.1, -0.05) is 43.6 Å². The van der Waals surface area contributed by atoms with Crippen LogP contribution in [0.15, 0.2) is 16.6 Å². The fraction of sp³-hybridized carbons (Fsp3) is 0.571. The van der Waals surface area contributed by atoms with Crippen molar-refractivity contribution < 1.29 is 5.11 Å². The largest absolute Gasteiger partial charge is 0.508 e. The van der Waals surface area contributed by atoms with Crippen LogP contribution in [0, 0.1) is 0 Å². The monoisotopic (exact) mass is 284 g/mol. The molecule has 0 spiro atoms. The lowest BCUT2D eigenvalue weighted by molar-refractivity contribution is 0.460. The molecular weight excluding hydrogens is 264 g/mol. The van der Waals surface area contributed by atoms with Crippen molar-refractivity contribution in [2.24, 2.45) is 0 Å². The maximum atomic E-state index is 10.0. The molecule has 1 aromatic rings. The van der Waals surface area contributed by atoms with Gasteiger partial charge in [-0.25, -0.2) is 0 Å². The van der Waals surface area contributed by atoms with Gasteiger partial charge in [-0.2, -0.15) is 0 Å². The van der Waals surface area contributed by atoms with Crippen molar-refractivity contribution in [3.8, 4) is 5.75 Å². The number of phenolic OH excluding ortho intramolecular Hbond substituents is 1. The van der Waals surface area contributed by atoms with Crippen LogP contribution in [0.3, 0.4) is 0 Å². The van der Waals surface area contributed by atoms with Crippen LogP contribution in [0.2, 0.25) is 0 Å². The highest BCUT2D eigenvalue weighted by atomic mass is 79.9. The Kier molecular flexibility index (Phi) is 4.85. The highest BCUT2D eigenvalue weighted by Crippen LogP contribution is 2.36. The van der Waals surface area contributed by atoms with E-state index in [9.17, 15) is 5.11 Å². The van der Waals surface area contributed by atoms with Gasteiger partial charge in [0.25, 0.3) is 0 Å². The minimum atomic E-state index is 0.405. The SMILES string of the molecule is CCC(C)c1cc(Br)c(C(C)CC)cc1O. The number of hydrogen-bond donors (Lipinski definition) is 1. The van der Waals surface area contributed by atoms with E-state index >= 15 is 0 Å². The molecule has 0 aliphatic carbocycles. The predicted molar refractivity (Wildman–Crippen MR) is 73.2 cm³/mol. The lowest BCUT2D eigenvalue weighted by Gasteiger charge is -2.17. The first-order valence-corrected chi connectivity index (χ1v) is 6.82. The first kappa shape index (κ1) is 13.6. The second kappa shape index (κ2) is 5.72. The van der Waals surface area contributed by atoms with Gasteiger partial charge >= 0.3 is 0 Å². The van der Waals surface area contributed by atoms with E-state index in [1.807, 2.05) is 6.07 Å². The molecule has 0 fully saturated rings. The van der Waals surface area contributed by atoms with E-state index in [2.05, 4.69) is 49.7 Å². The molecule has 0 saturated heterocycles. The predicted octanol–water partition coefficient (Wildman–Crippen LogP) is 5.18. The van der Waals surface area contributed by atoms with E-state index in [0.29, 0.717) is 17.6 Å². The lowest BCUT2D eigenvalue weighted by atomic mass is 9.92. The molecule has 0 amide bonds. The minimum absolute atomic E-state index is 0.405. The Hall–Kier alpha value is -0.500. The smallest absolute Gasteiger partial charge is 0.119 e. The van der Waals surface area contributed by atoms with Crippen molar-refractivity contribution in [3.05, 3.63) is 27.7 Å². The Morgan fingerprint density at radius 1 is 1.06 bits per heavy atom. The fourth-order valence-corrected chi connectivity index (χ4v) is 2.56. The summed E-state index contributed by atoms with van der Waals surface area (Å²) in [4.78, 5) is 0. The van der Waals surface area contributed by atoms with Gasteiger partial charge in [-0.15, -0.1) is 0 Å². The Balaban J connectivity index is 3.16. The highest BCUT2D eigenvalue weighted by molar-refractivity contribution is 9.10. The van der Waals surface area contributed by atoms with Crippen LogP contribution >= 0.6 is 15.9 Å². The van der Waals surface area contributed by atoms with Crippen molar-refractivity contribution in [1.29, 1.82) is 0 Å². The zero-order chi connectivity index (χ0) is 12.3.